The molecule has 0 atom stereocenters. The number of hydrogen-bond donors (Lipinski definition) is 1. The second-order valence-corrected chi connectivity index (χ2v) is 8.91. The summed E-state index contributed by atoms with van der Waals surface area (Å²) in [4.78, 5) is 0. The smallest absolute Gasteiger partial charge is 0.0478 e. The number of hydrogen-bond acceptors (Lipinski definition) is 1. The fourth-order valence-electron chi connectivity index (χ4n) is 3.97. The van der Waals surface area contributed by atoms with Crippen LogP contribution in [-0.4, -0.2) is 0 Å². The molecule has 0 aromatic heterocycles. The van der Waals surface area contributed by atoms with Crippen LogP contribution < -0.4 is 5.73 Å². The van der Waals surface area contributed by atoms with Gasteiger partial charge in [0.05, 0.1) is 0 Å². The van der Waals surface area contributed by atoms with Crippen LogP contribution in [0.25, 0.3) is 0 Å². The summed E-state index contributed by atoms with van der Waals surface area (Å²) in [6.07, 6.45) is 5.63. The number of terminal acetylenes is 1. The third-order valence-corrected chi connectivity index (χ3v) is 6.15. The highest BCUT2D eigenvalue weighted by molar-refractivity contribution is 5.62. The van der Waals surface area contributed by atoms with E-state index in [1.807, 2.05) is 121 Å². The molecule has 0 saturated heterocycles. The second kappa shape index (κ2) is 13.0. The van der Waals surface area contributed by atoms with Crippen molar-refractivity contribution in [2.45, 2.75) is 0 Å². The number of benzene rings is 5. The Labute approximate surface area is 242 Å². The minimum absolute atomic E-state index is 0.654. The summed E-state index contributed by atoms with van der Waals surface area (Å²) in [6, 6.07) is 38.7. The minimum Gasteiger partial charge on any atom is -0.398 e. The van der Waals surface area contributed by atoms with Crippen molar-refractivity contribution in [2.75, 3.05) is 5.73 Å². The van der Waals surface area contributed by atoms with E-state index < -0.39 is 0 Å². The van der Waals surface area contributed by atoms with Gasteiger partial charge in [-0.15, -0.1) is 6.42 Å². The molecule has 5 aromatic carbocycles. The monoisotopic (exact) mass is 517 g/mol. The molecule has 41 heavy (non-hydrogen) atoms. The van der Waals surface area contributed by atoms with Crippen molar-refractivity contribution in [3.05, 3.63) is 171 Å². The van der Waals surface area contributed by atoms with E-state index in [-0.39, 0.29) is 0 Å². The molecule has 0 aliphatic rings. The lowest BCUT2D eigenvalue weighted by atomic mass is 10.0. The van der Waals surface area contributed by atoms with Gasteiger partial charge in [0.25, 0.3) is 0 Å². The average molecular weight is 518 g/mol. The fourth-order valence-corrected chi connectivity index (χ4v) is 3.97. The quantitative estimate of drug-likeness (QED) is 0.176. The molecule has 2 N–H and O–H groups in total. The van der Waals surface area contributed by atoms with Gasteiger partial charge in [0.2, 0.25) is 0 Å². The molecule has 188 valence electrons. The maximum absolute atomic E-state index is 6.05. The molecule has 1 nitrogen and oxygen atoms in total. The molecular formula is C40H23N. The van der Waals surface area contributed by atoms with Gasteiger partial charge in [0.1, 0.15) is 0 Å². The molecule has 0 bridgehead atoms. The van der Waals surface area contributed by atoms with Crippen molar-refractivity contribution in [3.8, 4) is 59.7 Å². The Hall–Kier alpha value is -6.30. The maximum atomic E-state index is 6.05. The summed E-state index contributed by atoms with van der Waals surface area (Å²) in [7, 11) is 0. The molecule has 0 heterocycles. The molecule has 0 unspecified atom stereocenters. The SMILES string of the molecule is C#Cc1ccccc1C#Cc1ccccc1C#Cc1ccccc1C#Cc1ccccc1C#Cc1ccccc1N. The first-order valence-corrected chi connectivity index (χ1v) is 13.0. The molecule has 0 aliphatic heterocycles. The standard InChI is InChI=1S/C40H23N/c1-2-31-13-3-4-14-32(31)23-24-33-15-5-6-16-34(33)25-26-35-17-7-8-18-36(35)27-28-37-19-9-10-20-38(37)29-30-39-21-11-12-22-40(39)41/h1,3-22H,41H2. The van der Waals surface area contributed by atoms with Crippen LogP contribution >= 0.6 is 0 Å². The van der Waals surface area contributed by atoms with E-state index in [0.717, 1.165) is 50.1 Å². The lowest BCUT2D eigenvalue weighted by molar-refractivity contribution is 1.55. The van der Waals surface area contributed by atoms with E-state index in [1.165, 1.54) is 0 Å². The van der Waals surface area contributed by atoms with E-state index in [1.54, 1.807) is 0 Å². The van der Waals surface area contributed by atoms with Gasteiger partial charge in [-0.3, -0.25) is 0 Å². The van der Waals surface area contributed by atoms with E-state index in [4.69, 9.17) is 12.2 Å². The first-order valence-electron chi connectivity index (χ1n) is 13.0. The van der Waals surface area contributed by atoms with Crippen LogP contribution in [0.3, 0.4) is 0 Å². The largest absolute Gasteiger partial charge is 0.398 e. The molecule has 0 spiro atoms. The normalized spacial score (nSPS) is 9.24. The zero-order valence-corrected chi connectivity index (χ0v) is 22.2. The first-order chi connectivity index (χ1) is 20.2. The number of para-hydroxylation sites is 1. The fraction of sp³-hybridized carbons (Fsp3) is 0. The van der Waals surface area contributed by atoms with E-state index in [2.05, 4.69) is 53.3 Å². The Morgan fingerprint density at radius 1 is 0.317 bits per heavy atom. The van der Waals surface area contributed by atoms with Gasteiger partial charge in [-0.25, -0.2) is 0 Å². The van der Waals surface area contributed by atoms with E-state index in [9.17, 15) is 0 Å². The lowest BCUT2D eigenvalue weighted by Gasteiger charge is -1.99. The molecule has 5 aromatic rings. The van der Waals surface area contributed by atoms with Crippen LogP contribution in [0.4, 0.5) is 5.69 Å². The van der Waals surface area contributed by atoms with Gasteiger partial charge in [0.15, 0.2) is 0 Å². The summed E-state index contributed by atoms with van der Waals surface area (Å²) in [5, 5.41) is 0. The molecule has 1 heteroatoms. The molecule has 0 saturated carbocycles. The van der Waals surface area contributed by atoms with Crippen molar-refractivity contribution in [3.63, 3.8) is 0 Å². The first kappa shape index (κ1) is 26.3. The van der Waals surface area contributed by atoms with Crippen LogP contribution in [0.5, 0.6) is 0 Å². The van der Waals surface area contributed by atoms with E-state index in [0.29, 0.717) is 5.69 Å². The van der Waals surface area contributed by atoms with Crippen LogP contribution in [0.1, 0.15) is 50.1 Å². The van der Waals surface area contributed by atoms with Crippen LogP contribution in [0.15, 0.2) is 121 Å². The van der Waals surface area contributed by atoms with Crippen LogP contribution in [0.2, 0.25) is 0 Å². The lowest BCUT2D eigenvalue weighted by Crippen LogP contribution is -1.89. The topological polar surface area (TPSA) is 26.0 Å². The highest BCUT2D eigenvalue weighted by atomic mass is 14.5. The molecule has 0 aliphatic carbocycles. The summed E-state index contributed by atoms with van der Waals surface area (Å²) < 4.78 is 0. The van der Waals surface area contributed by atoms with Crippen molar-refractivity contribution < 1.29 is 0 Å². The van der Waals surface area contributed by atoms with Gasteiger partial charge in [-0.1, -0.05) is 114 Å². The Balaban J connectivity index is 1.45. The molecule has 0 amide bonds. The average Bonchev–Trinajstić information content (AvgIpc) is 3.02. The zero-order valence-electron chi connectivity index (χ0n) is 22.2. The predicted octanol–water partition coefficient (Wildman–Crippen LogP) is 6.85. The highest BCUT2D eigenvalue weighted by Crippen LogP contribution is 2.13. The minimum atomic E-state index is 0.654. The third-order valence-electron chi connectivity index (χ3n) is 6.15. The molecule has 0 fully saturated rings. The van der Waals surface area contributed by atoms with Crippen LogP contribution in [0, 0.1) is 59.7 Å². The zero-order chi connectivity index (χ0) is 28.3. The molecule has 0 radical (unpaired) electrons. The maximum Gasteiger partial charge on any atom is 0.0478 e. The van der Waals surface area contributed by atoms with Crippen molar-refractivity contribution in [2.24, 2.45) is 0 Å². The molecule has 5 rings (SSSR count). The van der Waals surface area contributed by atoms with Crippen molar-refractivity contribution in [1.82, 2.24) is 0 Å². The van der Waals surface area contributed by atoms with Crippen molar-refractivity contribution in [1.29, 1.82) is 0 Å². The van der Waals surface area contributed by atoms with Crippen LogP contribution in [-0.2, 0) is 0 Å². The summed E-state index contributed by atoms with van der Waals surface area (Å²) in [6.45, 7) is 0. The third kappa shape index (κ3) is 6.78. The highest BCUT2D eigenvalue weighted by Gasteiger charge is 2.00. The van der Waals surface area contributed by atoms with Gasteiger partial charge >= 0.3 is 0 Å². The Morgan fingerprint density at radius 3 is 0.829 bits per heavy atom. The summed E-state index contributed by atoms with van der Waals surface area (Å²) >= 11 is 0. The number of nitrogens with two attached hydrogens (primary N) is 1. The Kier molecular flexibility index (Phi) is 8.33. The van der Waals surface area contributed by atoms with Gasteiger partial charge in [0, 0.05) is 55.8 Å². The summed E-state index contributed by atoms with van der Waals surface area (Å²) in [5.74, 6) is 28.7. The predicted molar refractivity (Wildman–Crippen MR) is 168 cm³/mol. The second-order valence-electron chi connectivity index (χ2n) is 8.91. The van der Waals surface area contributed by atoms with Crippen molar-refractivity contribution >= 4 is 5.69 Å². The molecular weight excluding hydrogens is 494 g/mol. The summed E-state index contributed by atoms with van der Waals surface area (Å²) in [5.41, 5.74) is 14.1. The Morgan fingerprint density at radius 2 is 0.537 bits per heavy atom. The number of rotatable bonds is 0. The number of anilines is 1. The van der Waals surface area contributed by atoms with Gasteiger partial charge in [-0.05, 0) is 60.7 Å². The van der Waals surface area contributed by atoms with Gasteiger partial charge in [-0.2, -0.15) is 0 Å². The number of nitrogen functional groups attached to an aromatic ring is 1. The van der Waals surface area contributed by atoms with E-state index >= 15 is 0 Å². The van der Waals surface area contributed by atoms with Gasteiger partial charge < -0.3 is 5.73 Å². The Bertz CT molecular complexity index is 2040.